The molecule has 102 valence electrons. The predicted molar refractivity (Wildman–Crippen MR) is 81.2 cm³/mol. The van der Waals surface area contributed by atoms with Gasteiger partial charge in [0.15, 0.2) is 0 Å². The molecule has 1 aromatic carbocycles. The van der Waals surface area contributed by atoms with E-state index in [0.29, 0.717) is 0 Å². The number of nitrogens with one attached hydrogen (secondary N) is 1. The maximum atomic E-state index is 3.41. The van der Waals surface area contributed by atoms with Crippen molar-refractivity contribution in [1.29, 1.82) is 0 Å². The van der Waals surface area contributed by atoms with Crippen LogP contribution in [0.25, 0.3) is 0 Å². The zero-order valence-corrected chi connectivity index (χ0v) is 12.6. The van der Waals surface area contributed by atoms with Crippen molar-refractivity contribution in [3.8, 4) is 0 Å². The first-order valence-corrected chi connectivity index (χ1v) is 7.40. The average molecular weight is 247 g/mol. The van der Waals surface area contributed by atoms with E-state index in [0.717, 1.165) is 13.1 Å². The van der Waals surface area contributed by atoms with Gasteiger partial charge >= 0.3 is 0 Å². The van der Waals surface area contributed by atoms with Gasteiger partial charge in [-0.2, -0.15) is 0 Å². The van der Waals surface area contributed by atoms with Crippen LogP contribution in [0.1, 0.15) is 58.1 Å². The molecule has 0 atom stereocenters. The lowest BCUT2D eigenvalue weighted by atomic mass is 9.81. The first kappa shape index (κ1) is 15.2. The molecule has 18 heavy (non-hydrogen) atoms. The molecule has 0 amide bonds. The van der Waals surface area contributed by atoms with Gasteiger partial charge in [-0.3, -0.25) is 0 Å². The van der Waals surface area contributed by atoms with Crippen molar-refractivity contribution in [3.05, 3.63) is 35.4 Å². The van der Waals surface area contributed by atoms with E-state index in [9.17, 15) is 0 Å². The van der Waals surface area contributed by atoms with Crippen LogP contribution in [-0.4, -0.2) is 13.1 Å². The Morgan fingerprint density at radius 2 is 1.72 bits per heavy atom. The summed E-state index contributed by atoms with van der Waals surface area (Å²) >= 11 is 0. The number of hydrogen-bond donors (Lipinski definition) is 1. The van der Waals surface area contributed by atoms with Crippen LogP contribution >= 0.6 is 0 Å². The molecule has 0 aliphatic rings. The molecule has 0 saturated heterocycles. The van der Waals surface area contributed by atoms with Gasteiger partial charge in [-0.25, -0.2) is 0 Å². The lowest BCUT2D eigenvalue weighted by Crippen LogP contribution is -2.25. The van der Waals surface area contributed by atoms with Gasteiger partial charge in [-0.1, -0.05) is 58.4 Å². The Morgan fingerprint density at radius 3 is 2.28 bits per heavy atom. The Bertz CT molecular complexity index is 324. The molecule has 0 aliphatic carbocycles. The molecule has 1 aromatic rings. The fraction of sp³-hybridized carbons (Fsp3) is 0.647. The van der Waals surface area contributed by atoms with Gasteiger partial charge in [-0.15, -0.1) is 0 Å². The highest BCUT2D eigenvalue weighted by Gasteiger charge is 2.19. The second-order valence-electron chi connectivity index (χ2n) is 5.79. The van der Waals surface area contributed by atoms with Crippen molar-refractivity contribution in [2.24, 2.45) is 0 Å². The van der Waals surface area contributed by atoms with Crippen molar-refractivity contribution in [2.45, 2.75) is 58.8 Å². The number of hydrogen-bond acceptors (Lipinski definition) is 1. The largest absolute Gasteiger partial charge is 0.317 e. The zero-order valence-electron chi connectivity index (χ0n) is 12.6. The van der Waals surface area contributed by atoms with Gasteiger partial charge in [0.25, 0.3) is 0 Å². The third kappa shape index (κ3) is 4.81. The second kappa shape index (κ2) is 7.58. The van der Waals surface area contributed by atoms with Crippen LogP contribution in [0.3, 0.4) is 0 Å². The summed E-state index contributed by atoms with van der Waals surface area (Å²) in [4.78, 5) is 0. The van der Waals surface area contributed by atoms with E-state index >= 15 is 0 Å². The summed E-state index contributed by atoms with van der Waals surface area (Å²) in [6, 6.07) is 9.24. The Hall–Kier alpha value is -0.820. The first-order valence-electron chi connectivity index (χ1n) is 7.40. The molecule has 0 aliphatic heterocycles. The van der Waals surface area contributed by atoms with E-state index < -0.39 is 0 Å². The van der Waals surface area contributed by atoms with Crippen LogP contribution in [-0.2, 0) is 11.8 Å². The molecule has 0 spiro atoms. The van der Waals surface area contributed by atoms with Crippen LogP contribution in [0, 0.1) is 0 Å². The number of aryl methyl sites for hydroxylation is 1. The summed E-state index contributed by atoms with van der Waals surface area (Å²) in [7, 11) is 0. The monoisotopic (exact) mass is 247 g/mol. The summed E-state index contributed by atoms with van der Waals surface area (Å²) in [5.41, 5.74) is 3.20. The maximum Gasteiger partial charge on any atom is -0.00407 e. The molecule has 0 heterocycles. The van der Waals surface area contributed by atoms with Crippen LogP contribution in [0.15, 0.2) is 24.3 Å². The average Bonchev–Trinajstić information content (AvgIpc) is 2.37. The molecule has 0 bridgehead atoms. The fourth-order valence-electron chi connectivity index (χ4n) is 2.23. The third-order valence-corrected chi connectivity index (χ3v) is 3.73. The molecule has 1 heteroatoms. The highest BCUT2D eigenvalue weighted by Crippen LogP contribution is 2.27. The predicted octanol–water partition coefficient (Wildman–Crippen LogP) is 4.31. The molecular formula is C17H29N. The van der Waals surface area contributed by atoms with Gasteiger partial charge in [0, 0.05) is 0 Å². The lowest BCUT2D eigenvalue weighted by Gasteiger charge is -2.25. The summed E-state index contributed by atoms with van der Waals surface area (Å²) in [5, 5.41) is 3.41. The number of rotatable bonds is 8. The number of unbranched alkanes of at least 4 members (excludes halogenated alkanes) is 1. The van der Waals surface area contributed by atoms with Crippen molar-refractivity contribution in [1.82, 2.24) is 5.32 Å². The zero-order chi connectivity index (χ0) is 13.4. The standard InChI is InChI=1S/C17H29N/c1-5-7-8-15-9-11-16(12-10-15)17(3,4)13-14-18-6-2/h9-12,18H,5-8,13-14H2,1-4H3. The Kier molecular flexibility index (Phi) is 6.42. The molecule has 0 aromatic heterocycles. The summed E-state index contributed by atoms with van der Waals surface area (Å²) in [6.07, 6.45) is 4.98. The minimum absolute atomic E-state index is 0.269. The number of benzene rings is 1. The highest BCUT2D eigenvalue weighted by molar-refractivity contribution is 5.28. The van der Waals surface area contributed by atoms with Gasteiger partial charge in [0.05, 0.1) is 0 Å². The molecular weight excluding hydrogens is 218 g/mol. The van der Waals surface area contributed by atoms with Crippen LogP contribution in [0.2, 0.25) is 0 Å². The van der Waals surface area contributed by atoms with Crippen LogP contribution < -0.4 is 5.32 Å². The molecule has 1 nitrogen and oxygen atoms in total. The quantitative estimate of drug-likeness (QED) is 0.675. The Labute approximate surface area is 113 Å². The molecule has 1 rings (SSSR count). The van der Waals surface area contributed by atoms with E-state index in [-0.39, 0.29) is 5.41 Å². The van der Waals surface area contributed by atoms with E-state index in [1.165, 1.54) is 36.8 Å². The van der Waals surface area contributed by atoms with Gasteiger partial charge in [-0.05, 0) is 48.9 Å². The van der Waals surface area contributed by atoms with E-state index in [2.05, 4.69) is 57.3 Å². The minimum atomic E-state index is 0.269. The lowest BCUT2D eigenvalue weighted by molar-refractivity contribution is 0.461. The molecule has 1 N–H and O–H groups in total. The normalized spacial score (nSPS) is 11.8. The molecule has 0 fully saturated rings. The Balaban J connectivity index is 2.59. The third-order valence-electron chi connectivity index (χ3n) is 3.73. The van der Waals surface area contributed by atoms with Crippen LogP contribution in [0.5, 0.6) is 0 Å². The van der Waals surface area contributed by atoms with Gasteiger partial charge < -0.3 is 5.32 Å². The summed E-state index contributed by atoms with van der Waals surface area (Å²) in [5.74, 6) is 0. The maximum absolute atomic E-state index is 3.41. The smallest absolute Gasteiger partial charge is 0.00407 e. The van der Waals surface area contributed by atoms with Crippen molar-refractivity contribution < 1.29 is 0 Å². The van der Waals surface area contributed by atoms with E-state index in [1.807, 2.05) is 0 Å². The summed E-state index contributed by atoms with van der Waals surface area (Å²) in [6.45, 7) is 11.2. The highest BCUT2D eigenvalue weighted by atomic mass is 14.8. The molecule has 0 unspecified atom stereocenters. The van der Waals surface area contributed by atoms with Crippen molar-refractivity contribution >= 4 is 0 Å². The second-order valence-corrected chi connectivity index (χ2v) is 5.79. The SMILES string of the molecule is CCCCc1ccc(C(C)(C)CCNCC)cc1. The van der Waals surface area contributed by atoms with Crippen LogP contribution in [0.4, 0.5) is 0 Å². The summed E-state index contributed by atoms with van der Waals surface area (Å²) < 4.78 is 0. The van der Waals surface area contributed by atoms with Gasteiger partial charge in [0.1, 0.15) is 0 Å². The topological polar surface area (TPSA) is 12.0 Å². The van der Waals surface area contributed by atoms with E-state index in [4.69, 9.17) is 0 Å². The molecule has 0 radical (unpaired) electrons. The molecule has 0 saturated carbocycles. The first-order chi connectivity index (χ1) is 8.60. The Morgan fingerprint density at radius 1 is 1.06 bits per heavy atom. The van der Waals surface area contributed by atoms with Crippen molar-refractivity contribution in [3.63, 3.8) is 0 Å². The van der Waals surface area contributed by atoms with Gasteiger partial charge in [0.2, 0.25) is 0 Å². The fourth-order valence-corrected chi connectivity index (χ4v) is 2.23. The van der Waals surface area contributed by atoms with Crippen molar-refractivity contribution in [2.75, 3.05) is 13.1 Å². The minimum Gasteiger partial charge on any atom is -0.317 e. The van der Waals surface area contributed by atoms with E-state index in [1.54, 1.807) is 0 Å².